The average molecular weight is 476 g/mol. The van der Waals surface area contributed by atoms with Crippen LogP contribution in [-0.4, -0.2) is 0 Å². The van der Waals surface area contributed by atoms with E-state index in [0.717, 1.165) is 28.2 Å². The molecule has 0 aliphatic rings. The maximum absolute atomic E-state index is 4.27. The van der Waals surface area contributed by atoms with E-state index in [1.807, 2.05) is 0 Å². The number of aryl methyl sites for hydroxylation is 2. The van der Waals surface area contributed by atoms with Crippen molar-refractivity contribution in [2.24, 2.45) is 0 Å². The molecule has 3 aromatic rings. The van der Waals surface area contributed by atoms with Gasteiger partial charge in [-0.1, -0.05) is 137 Å². The number of rotatable bonds is 7. The molecule has 0 radical (unpaired) electrons. The summed E-state index contributed by atoms with van der Waals surface area (Å²) < 4.78 is 0. The van der Waals surface area contributed by atoms with Gasteiger partial charge < -0.3 is 5.32 Å². The summed E-state index contributed by atoms with van der Waals surface area (Å²) in [5.74, 6) is 0. The van der Waals surface area contributed by atoms with Gasteiger partial charge in [0.05, 0.1) is 0 Å². The lowest BCUT2D eigenvalue weighted by atomic mass is 10.0. The molecule has 0 bridgehead atoms. The Hall–Kier alpha value is -2.54. The zero-order chi connectivity index (χ0) is 26.6. The van der Waals surface area contributed by atoms with Crippen LogP contribution in [0.1, 0.15) is 105 Å². The lowest BCUT2D eigenvalue weighted by Gasteiger charge is -2.11. The molecule has 0 atom stereocenters. The van der Waals surface area contributed by atoms with Crippen LogP contribution in [0.2, 0.25) is 0 Å². The van der Waals surface area contributed by atoms with Gasteiger partial charge in [-0.05, 0) is 63.9 Å². The third-order valence-corrected chi connectivity index (χ3v) is 5.91. The van der Waals surface area contributed by atoms with Gasteiger partial charge in [0.2, 0.25) is 0 Å². The number of nitrogens with one attached hydrogen (secondary N) is 1. The lowest BCUT2D eigenvalue weighted by Crippen LogP contribution is -2.15. The summed E-state index contributed by atoms with van der Waals surface area (Å²) in [6, 6.07) is 16.9. The van der Waals surface area contributed by atoms with Gasteiger partial charge in [0.15, 0.2) is 0 Å². The summed E-state index contributed by atoms with van der Waals surface area (Å²) in [6.07, 6.45) is 10.4. The first kappa shape index (κ1) is 32.5. The topological polar surface area (TPSA) is 12.0 Å². The predicted molar refractivity (Wildman–Crippen MR) is 164 cm³/mol. The van der Waals surface area contributed by atoms with E-state index in [0.29, 0.717) is 0 Å². The Bertz CT molecular complexity index is 1020. The van der Waals surface area contributed by atoms with E-state index in [9.17, 15) is 0 Å². The van der Waals surface area contributed by atoms with Gasteiger partial charge in [-0.25, -0.2) is 0 Å². The third kappa shape index (κ3) is 12.1. The van der Waals surface area contributed by atoms with Crippen molar-refractivity contribution in [1.29, 1.82) is 0 Å². The van der Waals surface area contributed by atoms with E-state index in [1.54, 1.807) is 0 Å². The van der Waals surface area contributed by atoms with Crippen LogP contribution in [0.5, 0.6) is 0 Å². The Morgan fingerprint density at radius 1 is 0.686 bits per heavy atom. The zero-order valence-electron chi connectivity index (χ0n) is 24.2. The Morgan fingerprint density at radius 3 is 1.66 bits per heavy atom. The molecular weight excluding hydrogens is 422 g/mol. The fourth-order valence-electron chi connectivity index (χ4n) is 3.27. The minimum Gasteiger partial charge on any atom is -0.355 e. The molecular formula is C34H53N. The van der Waals surface area contributed by atoms with Gasteiger partial charge in [-0.3, -0.25) is 0 Å². The SMILES string of the molecule is C=c1c(Nc2ccc(CC)cc2)cc(=C)c2c(C)cccc12.CCCC.CCCC.CCCCC. The molecule has 0 amide bonds. The van der Waals surface area contributed by atoms with Crippen LogP contribution in [-0.2, 0) is 6.42 Å². The highest BCUT2D eigenvalue weighted by molar-refractivity contribution is 5.90. The number of unbranched alkanes of at least 4 members (excludes halogenated alkanes) is 4. The number of fused-ring (bicyclic) bond motifs is 1. The molecule has 0 saturated heterocycles. The molecule has 0 saturated carbocycles. The molecule has 0 fully saturated rings. The highest BCUT2D eigenvalue weighted by Crippen LogP contribution is 2.17. The molecule has 194 valence electrons. The van der Waals surface area contributed by atoms with Crippen molar-refractivity contribution in [3.63, 3.8) is 0 Å². The molecule has 0 aliphatic heterocycles. The number of hydrogen-bond donors (Lipinski definition) is 1. The quantitative estimate of drug-likeness (QED) is 0.358. The highest BCUT2D eigenvalue weighted by Gasteiger charge is 2.04. The maximum Gasteiger partial charge on any atom is 0.0464 e. The van der Waals surface area contributed by atoms with Crippen molar-refractivity contribution in [2.75, 3.05) is 5.32 Å². The lowest BCUT2D eigenvalue weighted by molar-refractivity contribution is 0.772. The van der Waals surface area contributed by atoms with E-state index in [2.05, 4.69) is 122 Å². The average Bonchev–Trinajstić information content (AvgIpc) is 2.88. The summed E-state index contributed by atoms with van der Waals surface area (Å²) in [5.41, 5.74) is 4.68. The summed E-state index contributed by atoms with van der Waals surface area (Å²) in [6.45, 7) is 25.9. The van der Waals surface area contributed by atoms with Crippen molar-refractivity contribution in [3.8, 4) is 0 Å². The largest absolute Gasteiger partial charge is 0.355 e. The van der Waals surface area contributed by atoms with E-state index in [-0.39, 0.29) is 0 Å². The molecule has 0 heterocycles. The smallest absolute Gasteiger partial charge is 0.0464 e. The standard InChI is InChI=1S/C21H21N.C5H12.2C4H10/c1-5-17-9-11-18(12-10-17)22-20-13-15(3)21-14(2)7-6-8-19(21)16(20)4;1-3-5-4-2;2*1-3-4-2/h6-13,22H,3-5H2,1-2H3;3-5H2,1-2H3;2*3-4H2,1-2H3. The molecule has 0 aliphatic carbocycles. The molecule has 1 heteroatoms. The predicted octanol–water partition coefficient (Wildman–Crippen LogP) is 10.1. The van der Waals surface area contributed by atoms with Crippen molar-refractivity contribution < 1.29 is 0 Å². The normalized spacial score (nSPS) is 9.71. The van der Waals surface area contributed by atoms with Gasteiger partial charge in [-0.15, -0.1) is 0 Å². The van der Waals surface area contributed by atoms with Gasteiger partial charge in [0, 0.05) is 11.4 Å². The van der Waals surface area contributed by atoms with E-state index >= 15 is 0 Å². The van der Waals surface area contributed by atoms with Crippen molar-refractivity contribution in [2.45, 2.75) is 107 Å². The van der Waals surface area contributed by atoms with Crippen molar-refractivity contribution in [1.82, 2.24) is 0 Å². The van der Waals surface area contributed by atoms with Gasteiger partial charge >= 0.3 is 0 Å². The second-order valence-electron chi connectivity index (χ2n) is 9.09. The van der Waals surface area contributed by atoms with E-state index < -0.39 is 0 Å². The van der Waals surface area contributed by atoms with Gasteiger partial charge in [0.25, 0.3) is 0 Å². The van der Waals surface area contributed by atoms with Crippen LogP contribution in [0.25, 0.3) is 23.9 Å². The molecule has 0 unspecified atom stereocenters. The van der Waals surface area contributed by atoms with Crippen LogP contribution in [0.15, 0.2) is 48.5 Å². The van der Waals surface area contributed by atoms with Crippen LogP contribution in [0.4, 0.5) is 11.4 Å². The molecule has 0 spiro atoms. The van der Waals surface area contributed by atoms with E-state index in [1.165, 1.54) is 66.8 Å². The second-order valence-corrected chi connectivity index (χ2v) is 9.09. The maximum atomic E-state index is 4.27. The van der Waals surface area contributed by atoms with Crippen LogP contribution in [0, 0.1) is 6.92 Å². The summed E-state index contributed by atoms with van der Waals surface area (Å²) in [4.78, 5) is 0. The molecule has 1 N–H and O–H groups in total. The fraction of sp³-hybridized carbons (Fsp3) is 0.471. The monoisotopic (exact) mass is 475 g/mol. The number of benzene rings is 3. The summed E-state index contributed by atoms with van der Waals surface area (Å²) in [5, 5.41) is 7.90. The minimum absolute atomic E-state index is 1.02. The Balaban J connectivity index is 0.000000739. The third-order valence-electron chi connectivity index (χ3n) is 5.91. The van der Waals surface area contributed by atoms with Crippen LogP contribution < -0.4 is 15.8 Å². The van der Waals surface area contributed by atoms with Gasteiger partial charge in [0.1, 0.15) is 0 Å². The Kier molecular flexibility index (Phi) is 18.3. The minimum atomic E-state index is 1.02. The van der Waals surface area contributed by atoms with Crippen LogP contribution >= 0.6 is 0 Å². The first-order chi connectivity index (χ1) is 16.8. The fourth-order valence-corrected chi connectivity index (χ4v) is 3.27. The first-order valence-electron chi connectivity index (χ1n) is 13.9. The Morgan fingerprint density at radius 2 is 1.23 bits per heavy atom. The van der Waals surface area contributed by atoms with Gasteiger partial charge in [-0.2, -0.15) is 0 Å². The molecule has 1 nitrogen and oxygen atoms in total. The molecule has 3 rings (SSSR count). The second kappa shape index (κ2) is 19.7. The van der Waals surface area contributed by atoms with Crippen LogP contribution in [0.3, 0.4) is 0 Å². The summed E-state index contributed by atoms with van der Waals surface area (Å²) in [7, 11) is 0. The summed E-state index contributed by atoms with van der Waals surface area (Å²) >= 11 is 0. The zero-order valence-corrected chi connectivity index (χ0v) is 24.2. The number of anilines is 2. The molecule has 0 aromatic heterocycles. The first-order valence-corrected chi connectivity index (χ1v) is 13.9. The Labute approximate surface area is 217 Å². The van der Waals surface area contributed by atoms with Crippen molar-refractivity contribution >= 4 is 35.3 Å². The number of hydrogen-bond acceptors (Lipinski definition) is 1. The van der Waals surface area contributed by atoms with E-state index in [4.69, 9.17) is 0 Å². The van der Waals surface area contributed by atoms with Crippen molar-refractivity contribution in [3.05, 3.63) is 70.1 Å². The molecule has 3 aromatic carbocycles. The highest BCUT2D eigenvalue weighted by atomic mass is 14.9. The molecule has 35 heavy (non-hydrogen) atoms.